The van der Waals surface area contributed by atoms with E-state index in [0.29, 0.717) is 5.02 Å². The number of hydrogen-bond acceptors (Lipinski definition) is 0. The van der Waals surface area contributed by atoms with Gasteiger partial charge in [0.05, 0.1) is 13.1 Å². The van der Waals surface area contributed by atoms with Crippen molar-refractivity contribution < 1.29 is 4.39 Å². The fourth-order valence-corrected chi connectivity index (χ4v) is 4.52. The molecule has 0 amide bonds. The van der Waals surface area contributed by atoms with Gasteiger partial charge in [0.15, 0.2) is 0 Å². The lowest BCUT2D eigenvalue weighted by Gasteiger charge is -2.19. The Morgan fingerprint density at radius 2 is 1.85 bits per heavy atom. The van der Waals surface area contributed by atoms with Crippen LogP contribution in [0.15, 0.2) is 12.1 Å². The highest BCUT2D eigenvalue weighted by Crippen LogP contribution is 2.21. The number of hydrogen-bond donors (Lipinski definition) is 0. The third-order valence-electron chi connectivity index (χ3n) is 1.79. The third kappa shape index (κ3) is 2.44. The molecule has 0 nitrogen and oxygen atoms in total. The van der Waals surface area contributed by atoms with Crippen LogP contribution in [-0.2, 0) is 0 Å². The van der Waals surface area contributed by atoms with Crippen LogP contribution in [0, 0.1) is 9.39 Å². The Morgan fingerprint density at radius 1 is 1.31 bits per heavy atom. The first kappa shape index (κ1) is 11.5. The molecule has 0 heterocycles. The fraction of sp³-hybridized carbons (Fsp3) is 0.333. The molecular formula is C9H11ClFISi. The number of benzene rings is 1. The number of halogens is 3. The van der Waals surface area contributed by atoms with Crippen molar-refractivity contribution in [2.75, 3.05) is 0 Å². The highest BCUT2D eigenvalue weighted by Gasteiger charge is 2.24. The topological polar surface area (TPSA) is 0 Å². The molecule has 0 unspecified atom stereocenters. The maximum absolute atomic E-state index is 13.5. The van der Waals surface area contributed by atoms with Crippen molar-refractivity contribution in [3.05, 3.63) is 26.5 Å². The molecular weight excluding hydrogens is 318 g/mol. The maximum atomic E-state index is 13.5. The Kier molecular flexibility index (Phi) is 3.41. The Hall–Kier alpha value is 0.387. The van der Waals surface area contributed by atoms with E-state index in [0.717, 1.165) is 8.76 Å². The average Bonchev–Trinajstić information content (AvgIpc) is 1.95. The summed E-state index contributed by atoms with van der Waals surface area (Å²) in [7, 11) is -1.67. The largest absolute Gasteiger partial charge is 0.207 e. The normalized spacial score (nSPS) is 11.8. The molecule has 1 aromatic carbocycles. The quantitative estimate of drug-likeness (QED) is 0.419. The Bertz CT molecular complexity index is 333. The lowest BCUT2D eigenvalue weighted by atomic mass is 10.3. The van der Waals surface area contributed by atoms with Crippen LogP contribution < -0.4 is 5.19 Å². The van der Waals surface area contributed by atoms with E-state index < -0.39 is 8.07 Å². The molecule has 0 N–H and O–H groups in total. The van der Waals surface area contributed by atoms with E-state index in [1.54, 1.807) is 6.07 Å². The smallest absolute Gasteiger partial charge is 0.123 e. The van der Waals surface area contributed by atoms with Gasteiger partial charge in [-0.2, -0.15) is 0 Å². The van der Waals surface area contributed by atoms with Crippen LogP contribution in [0.1, 0.15) is 0 Å². The van der Waals surface area contributed by atoms with Gasteiger partial charge < -0.3 is 0 Å². The molecule has 72 valence electrons. The Labute approximate surface area is 97.6 Å². The fourth-order valence-electron chi connectivity index (χ4n) is 1.21. The van der Waals surface area contributed by atoms with E-state index in [1.165, 1.54) is 6.07 Å². The minimum Gasteiger partial charge on any atom is -0.207 e. The molecule has 1 aromatic rings. The first-order valence-electron chi connectivity index (χ1n) is 3.98. The molecule has 0 aliphatic carbocycles. The van der Waals surface area contributed by atoms with Gasteiger partial charge in [-0.05, 0) is 39.9 Å². The van der Waals surface area contributed by atoms with Crippen LogP contribution >= 0.6 is 34.2 Å². The van der Waals surface area contributed by atoms with E-state index in [-0.39, 0.29) is 5.82 Å². The summed E-state index contributed by atoms with van der Waals surface area (Å²) in [6.45, 7) is 6.27. The maximum Gasteiger partial charge on any atom is 0.123 e. The summed E-state index contributed by atoms with van der Waals surface area (Å²) in [5.41, 5.74) is 0. The van der Waals surface area contributed by atoms with Crippen molar-refractivity contribution in [2.45, 2.75) is 19.6 Å². The van der Waals surface area contributed by atoms with Gasteiger partial charge in [0, 0.05) is 3.57 Å². The van der Waals surface area contributed by atoms with Crippen LogP contribution in [0.25, 0.3) is 0 Å². The van der Waals surface area contributed by atoms with Crippen molar-refractivity contribution in [1.29, 1.82) is 0 Å². The molecule has 0 saturated heterocycles. The standard InChI is InChI=1S/C9H11ClFISi/c1-13(2,3)9-6(11)4-5-7(12)8(9)10/h4-5H,1-3H3. The summed E-state index contributed by atoms with van der Waals surface area (Å²) in [5, 5.41) is 1.33. The van der Waals surface area contributed by atoms with E-state index in [2.05, 4.69) is 42.2 Å². The molecule has 13 heavy (non-hydrogen) atoms. The summed E-state index contributed by atoms with van der Waals surface area (Å²) < 4.78 is 14.4. The van der Waals surface area contributed by atoms with Crippen LogP contribution in [0.4, 0.5) is 4.39 Å². The summed E-state index contributed by atoms with van der Waals surface area (Å²) in [6.07, 6.45) is 0. The predicted molar refractivity (Wildman–Crippen MR) is 67.1 cm³/mol. The minimum atomic E-state index is -1.67. The van der Waals surface area contributed by atoms with E-state index >= 15 is 0 Å². The summed E-state index contributed by atoms with van der Waals surface area (Å²) in [5.74, 6) is -0.162. The zero-order valence-corrected chi connectivity index (χ0v) is 11.7. The van der Waals surface area contributed by atoms with Gasteiger partial charge in [0.2, 0.25) is 0 Å². The van der Waals surface area contributed by atoms with Crippen molar-refractivity contribution in [2.24, 2.45) is 0 Å². The lowest BCUT2D eigenvalue weighted by Crippen LogP contribution is -2.41. The average molecular weight is 329 g/mol. The molecule has 1 rings (SSSR count). The second-order valence-corrected chi connectivity index (χ2v) is 10.5. The molecule has 4 heteroatoms. The molecule has 0 aliphatic heterocycles. The van der Waals surface area contributed by atoms with Crippen LogP contribution in [0.2, 0.25) is 24.7 Å². The lowest BCUT2D eigenvalue weighted by molar-refractivity contribution is 0.635. The van der Waals surface area contributed by atoms with Gasteiger partial charge in [-0.1, -0.05) is 31.2 Å². The van der Waals surface area contributed by atoms with Crippen molar-refractivity contribution in [3.63, 3.8) is 0 Å². The Balaban J connectivity index is 3.43. The van der Waals surface area contributed by atoms with Gasteiger partial charge >= 0.3 is 0 Å². The van der Waals surface area contributed by atoms with E-state index in [4.69, 9.17) is 11.6 Å². The molecule has 0 radical (unpaired) electrons. The summed E-state index contributed by atoms with van der Waals surface area (Å²) in [4.78, 5) is 0. The molecule has 0 saturated carbocycles. The van der Waals surface area contributed by atoms with Crippen LogP contribution in [0.5, 0.6) is 0 Å². The van der Waals surface area contributed by atoms with Crippen LogP contribution in [0.3, 0.4) is 0 Å². The monoisotopic (exact) mass is 328 g/mol. The van der Waals surface area contributed by atoms with E-state index in [9.17, 15) is 4.39 Å². The highest BCUT2D eigenvalue weighted by molar-refractivity contribution is 14.1. The molecule has 0 spiro atoms. The van der Waals surface area contributed by atoms with Gasteiger partial charge in [0.1, 0.15) is 5.82 Å². The summed E-state index contributed by atoms with van der Waals surface area (Å²) in [6, 6.07) is 3.21. The zero-order valence-electron chi connectivity index (χ0n) is 7.79. The Morgan fingerprint density at radius 3 is 2.23 bits per heavy atom. The first-order valence-corrected chi connectivity index (χ1v) is 8.93. The van der Waals surface area contributed by atoms with Crippen molar-refractivity contribution in [3.8, 4) is 0 Å². The molecule has 0 bridgehead atoms. The van der Waals surface area contributed by atoms with E-state index in [1.807, 2.05) is 0 Å². The van der Waals surface area contributed by atoms with Crippen molar-refractivity contribution >= 4 is 47.5 Å². The van der Waals surface area contributed by atoms with Gasteiger partial charge in [-0.15, -0.1) is 0 Å². The minimum absolute atomic E-state index is 0.162. The third-order valence-corrected chi connectivity index (χ3v) is 5.55. The highest BCUT2D eigenvalue weighted by atomic mass is 127. The first-order chi connectivity index (χ1) is 5.84. The van der Waals surface area contributed by atoms with Gasteiger partial charge in [-0.3, -0.25) is 0 Å². The molecule has 0 fully saturated rings. The zero-order chi connectivity index (χ0) is 10.2. The van der Waals surface area contributed by atoms with Gasteiger partial charge in [0.25, 0.3) is 0 Å². The second kappa shape index (κ2) is 3.86. The SMILES string of the molecule is C[Si](C)(C)c1c(F)ccc(I)c1Cl. The van der Waals surface area contributed by atoms with Gasteiger partial charge in [-0.25, -0.2) is 4.39 Å². The number of rotatable bonds is 1. The molecule has 0 aliphatic rings. The predicted octanol–water partition coefficient (Wildman–Crippen LogP) is 3.63. The second-order valence-electron chi connectivity index (χ2n) is 3.97. The molecule has 0 atom stereocenters. The van der Waals surface area contributed by atoms with Crippen molar-refractivity contribution in [1.82, 2.24) is 0 Å². The van der Waals surface area contributed by atoms with Crippen LogP contribution in [-0.4, -0.2) is 8.07 Å². The summed E-state index contributed by atoms with van der Waals surface area (Å²) >= 11 is 8.20. The molecule has 0 aromatic heterocycles.